The predicted molar refractivity (Wildman–Crippen MR) is 98.1 cm³/mol. The quantitative estimate of drug-likeness (QED) is 0.630. The highest BCUT2D eigenvalue weighted by molar-refractivity contribution is 5.91. The van der Waals surface area contributed by atoms with Crippen LogP contribution < -0.4 is 10.1 Å². The molecule has 28 heavy (non-hydrogen) atoms. The van der Waals surface area contributed by atoms with E-state index in [1.54, 1.807) is 42.5 Å². The summed E-state index contributed by atoms with van der Waals surface area (Å²) in [5.74, 6) is -1.32. The fourth-order valence-corrected chi connectivity index (χ4v) is 2.59. The second kappa shape index (κ2) is 8.85. The number of benzene rings is 2. The van der Waals surface area contributed by atoms with Crippen LogP contribution in [0.3, 0.4) is 0 Å². The van der Waals surface area contributed by atoms with Crippen LogP contribution >= 0.6 is 0 Å². The average molecular weight is 383 g/mol. The van der Waals surface area contributed by atoms with Crippen molar-refractivity contribution < 1.29 is 27.9 Å². The normalized spacial score (nSPS) is 11.5. The van der Waals surface area contributed by atoms with Crippen molar-refractivity contribution in [2.45, 2.75) is 12.6 Å². The summed E-state index contributed by atoms with van der Waals surface area (Å²) in [6.07, 6.45) is 0.0812. The van der Waals surface area contributed by atoms with E-state index < -0.39 is 18.0 Å². The summed E-state index contributed by atoms with van der Waals surface area (Å²) in [7, 11) is 1.46. The highest BCUT2D eigenvalue weighted by Crippen LogP contribution is 2.28. The van der Waals surface area contributed by atoms with Crippen LogP contribution in [0.5, 0.6) is 5.75 Å². The lowest BCUT2D eigenvalue weighted by molar-refractivity contribution is -0.130. The molecule has 0 aliphatic carbocycles. The highest BCUT2D eigenvalue weighted by atomic mass is 19.1. The number of carbonyl (C=O) groups is 2. The van der Waals surface area contributed by atoms with E-state index in [2.05, 4.69) is 5.32 Å². The SMILES string of the molecule is COc1ccccc1[C@@H](OC(=O)c1ccco1)C(=O)NCc1ccc(F)cc1. The number of hydrogen-bond donors (Lipinski definition) is 1. The van der Waals surface area contributed by atoms with Gasteiger partial charge in [-0.2, -0.15) is 0 Å². The van der Waals surface area contributed by atoms with Gasteiger partial charge in [0.25, 0.3) is 5.91 Å². The number of methoxy groups -OCH3 is 1. The third-order valence-electron chi connectivity index (χ3n) is 3.99. The van der Waals surface area contributed by atoms with E-state index in [9.17, 15) is 14.0 Å². The van der Waals surface area contributed by atoms with E-state index in [0.717, 1.165) is 0 Å². The maximum atomic E-state index is 13.0. The molecule has 1 heterocycles. The molecule has 0 bridgehead atoms. The number of nitrogens with one attached hydrogen (secondary N) is 1. The Morgan fingerprint density at radius 2 is 1.82 bits per heavy atom. The maximum Gasteiger partial charge on any atom is 0.375 e. The minimum atomic E-state index is -1.26. The summed E-state index contributed by atoms with van der Waals surface area (Å²) in [6, 6.07) is 15.5. The van der Waals surface area contributed by atoms with Crippen molar-refractivity contribution in [2.75, 3.05) is 7.11 Å². The van der Waals surface area contributed by atoms with Crippen molar-refractivity contribution in [1.29, 1.82) is 0 Å². The first-order valence-electron chi connectivity index (χ1n) is 8.48. The van der Waals surface area contributed by atoms with E-state index in [0.29, 0.717) is 16.9 Å². The van der Waals surface area contributed by atoms with Gasteiger partial charge in [0.15, 0.2) is 0 Å². The molecule has 1 amide bonds. The second-order valence-corrected chi connectivity index (χ2v) is 5.85. The molecule has 3 aromatic rings. The van der Waals surface area contributed by atoms with Gasteiger partial charge in [-0.3, -0.25) is 4.79 Å². The van der Waals surface area contributed by atoms with Gasteiger partial charge < -0.3 is 19.2 Å². The van der Waals surface area contributed by atoms with Crippen LogP contribution in [0.1, 0.15) is 27.8 Å². The van der Waals surface area contributed by atoms with Crippen LogP contribution in [-0.4, -0.2) is 19.0 Å². The van der Waals surface area contributed by atoms with Crippen molar-refractivity contribution in [3.8, 4) is 5.75 Å². The number of furan rings is 1. The van der Waals surface area contributed by atoms with Crippen LogP contribution in [-0.2, 0) is 16.1 Å². The summed E-state index contributed by atoms with van der Waals surface area (Å²) in [4.78, 5) is 25.1. The van der Waals surface area contributed by atoms with Crippen molar-refractivity contribution in [2.24, 2.45) is 0 Å². The zero-order chi connectivity index (χ0) is 19.9. The Bertz CT molecular complexity index is 938. The lowest BCUT2D eigenvalue weighted by Crippen LogP contribution is -2.32. The lowest BCUT2D eigenvalue weighted by atomic mass is 10.1. The molecule has 0 aliphatic heterocycles. The molecule has 144 valence electrons. The van der Waals surface area contributed by atoms with Gasteiger partial charge in [-0.05, 0) is 35.9 Å². The van der Waals surface area contributed by atoms with Crippen molar-refractivity contribution >= 4 is 11.9 Å². The Hall–Kier alpha value is -3.61. The van der Waals surface area contributed by atoms with Gasteiger partial charge in [0, 0.05) is 12.1 Å². The number of rotatable bonds is 7. The zero-order valence-electron chi connectivity index (χ0n) is 15.1. The van der Waals surface area contributed by atoms with E-state index in [1.165, 1.54) is 31.6 Å². The summed E-state index contributed by atoms with van der Waals surface area (Å²) < 4.78 is 28.8. The molecule has 0 unspecified atom stereocenters. The Kier molecular flexibility index (Phi) is 6.06. The van der Waals surface area contributed by atoms with Crippen LogP contribution in [0.15, 0.2) is 71.3 Å². The van der Waals surface area contributed by atoms with Crippen molar-refractivity contribution in [3.63, 3.8) is 0 Å². The molecular formula is C21H18FNO5. The molecule has 1 N–H and O–H groups in total. The first kappa shape index (κ1) is 19.2. The summed E-state index contributed by atoms with van der Waals surface area (Å²) in [5.41, 5.74) is 1.09. The largest absolute Gasteiger partial charge is 0.496 e. The third kappa shape index (κ3) is 4.56. The monoisotopic (exact) mass is 383 g/mol. The first-order chi connectivity index (χ1) is 13.6. The molecule has 0 radical (unpaired) electrons. The molecule has 1 atom stereocenters. The van der Waals surface area contributed by atoms with E-state index in [-0.39, 0.29) is 18.1 Å². The fraction of sp³-hybridized carbons (Fsp3) is 0.143. The van der Waals surface area contributed by atoms with Gasteiger partial charge in [-0.25, -0.2) is 9.18 Å². The van der Waals surface area contributed by atoms with Crippen molar-refractivity contribution in [1.82, 2.24) is 5.32 Å². The number of para-hydroxylation sites is 1. The smallest absolute Gasteiger partial charge is 0.375 e. The summed E-state index contributed by atoms with van der Waals surface area (Å²) in [5, 5.41) is 2.69. The predicted octanol–water partition coefficient (Wildman–Crippen LogP) is 3.64. The first-order valence-corrected chi connectivity index (χ1v) is 8.48. The number of amides is 1. The van der Waals surface area contributed by atoms with Gasteiger partial charge in [0.1, 0.15) is 11.6 Å². The van der Waals surface area contributed by atoms with Gasteiger partial charge in [-0.1, -0.05) is 30.3 Å². The molecule has 6 nitrogen and oxygen atoms in total. The number of esters is 1. The Labute approximate surface area is 160 Å². The Morgan fingerprint density at radius 3 is 2.50 bits per heavy atom. The van der Waals surface area contributed by atoms with Gasteiger partial charge in [-0.15, -0.1) is 0 Å². The van der Waals surface area contributed by atoms with Crippen molar-refractivity contribution in [3.05, 3.63) is 89.6 Å². The molecular weight excluding hydrogens is 365 g/mol. The van der Waals surface area contributed by atoms with Gasteiger partial charge >= 0.3 is 5.97 Å². The minimum Gasteiger partial charge on any atom is -0.496 e. The van der Waals surface area contributed by atoms with Crippen LogP contribution in [0, 0.1) is 5.82 Å². The molecule has 7 heteroatoms. The van der Waals surface area contributed by atoms with Crippen LogP contribution in [0.4, 0.5) is 4.39 Å². The Morgan fingerprint density at radius 1 is 1.07 bits per heavy atom. The molecule has 0 saturated heterocycles. The molecule has 2 aromatic carbocycles. The van der Waals surface area contributed by atoms with E-state index in [1.807, 2.05) is 0 Å². The number of halogens is 1. The standard InChI is InChI=1S/C21H18FNO5/c1-26-17-6-3-2-5-16(17)19(28-21(25)18-7-4-12-27-18)20(24)23-13-14-8-10-15(22)11-9-14/h2-12,19H,13H2,1H3,(H,23,24)/t19-/m1/s1. The molecule has 0 spiro atoms. The second-order valence-electron chi connectivity index (χ2n) is 5.85. The molecule has 0 aliphatic rings. The van der Waals surface area contributed by atoms with Crippen LogP contribution in [0.2, 0.25) is 0 Å². The minimum absolute atomic E-state index is 0.0220. The maximum absolute atomic E-state index is 13.0. The average Bonchev–Trinajstić information content (AvgIpc) is 3.26. The zero-order valence-corrected chi connectivity index (χ0v) is 15.1. The molecule has 1 aromatic heterocycles. The topological polar surface area (TPSA) is 77.8 Å². The van der Waals surface area contributed by atoms with Crippen LogP contribution in [0.25, 0.3) is 0 Å². The van der Waals surface area contributed by atoms with Gasteiger partial charge in [0.05, 0.1) is 13.4 Å². The fourth-order valence-electron chi connectivity index (χ4n) is 2.59. The van der Waals surface area contributed by atoms with Gasteiger partial charge in [0.2, 0.25) is 11.9 Å². The molecule has 0 fully saturated rings. The number of ether oxygens (including phenoxy) is 2. The van der Waals surface area contributed by atoms with E-state index in [4.69, 9.17) is 13.9 Å². The Balaban J connectivity index is 1.81. The highest BCUT2D eigenvalue weighted by Gasteiger charge is 2.29. The number of carbonyl (C=O) groups excluding carboxylic acids is 2. The third-order valence-corrected chi connectivity index (χ3v) is 3.99. The molecule has 0 saturated carbocycles. The summed E-state index contributed by atoms with van der Waals surface area (Å²) >= 11 is 0. The molecule has 3 rings (SSSR count). The number of hydrogen-bond acceptors (Lipinski definition) is 5. The lowest BCUT2D eigenvalue weighted by Gasteiger charge is -2.19. The summed E-state index contributed by atoms with van der Waals surface area (Å²) in [6.45, 7) is 0.142. The van der Waals surface area contributed by atoms with E-state index >= 15 is 0 Å².